The van der Waals surface area contributed by atoms with Gasteiger partial charge in [0.2, 0.25) is 5.91 Å². The van der Waals surface area contributed by atoms with E-state index in [1.54, 1.807) is 17.0 Å². The van der Waals surface area contributed by atoms with Crippen molar-refractivity contribution >= 4 is 23.3 Å². The predicted octanol–water partition coefficient (Wildman–Crippen LogP) is 2.79. The second-order valence-corrected chi connectivity index (χ2v) is 6.22. The molecule has 0 saturated carbocycles. The Balaban J connectivity index is 1.81. The molecule has 0 aromatic heterocycles. The first-order valence-electron chi connectivity index (χ1n) is 8.24. The first-order chi connectivity index (χ1) is 12.0. The minimum Gasteiger partial charge on any atom is -0.341 e. The molecule has 0 aliphatic carbocycles. The Morgan fingerprint density at radius 2 is 1.84 bits per heavy atom. The molecule has 5 heteroatoms. The third kappa shape index (κ3) is 3.45. The summed E-state index contributed by atoms with van der Waals surface area (Å²) in [5, 5.41) is 2.71. The molecule has 5 nitrogen and oxygen atoms in total. The fraction of sp³-hybridized carbons (Fsp3) is 0.250. The average Bonchev–Trinajstić information content (AvgIpc) is 2.84. The van der Waals surface area contributed by atoms with Gasteiger partial charge in [0.05, 0.1) is 0 Å². The monoisotopic (exact) mass is 336 g/mol. The number of benzene rings is 2. The highest BCUT2D eigenvalue weighted by atomic mass is 16.2. The zero-order valence-electron chi connectivity index (χ0n) is 14.3. The standard InChI is InChI=1S/C20H20N2O3/c1-13-8-9-17-16(12-13)19(21-14(2)23)20(25)22(17)11-10-18(24)15-6-4-3-5-7-15/h3-9,12,19H,10-11H2,1-2H3,(H,21,23)/t19-/m0/s1. The van der Waals surface area contributed by atoms with E-state index in [9.17, 15) is 14.4 Å². The van der Waals surface area contributed by atoms with Crippen LogP contribution < -0.4 is 10.2 Å². The molecule has 1 atom stereocenters. The number of carbonyl (C=O) groups is 3. The largest absolute Gasteiger partial charge is 0.341 e. The zero-order chi connectivity index (χ0) is 18.0. The van der Waals surface area contributed by atoms with Crippen molar-refractivity contribution in [1.82, 2.24) is 5.32 Å². The van der Waals surface area contributed by atoms with Crippen molar-refractivity contribution in [3.63, 3.8) is 0 Å². The fourth-order valence-electron chi connectivity index (χ4n) is 3.11. The van der Waals surface area contributed by atoms with E-state index in [0.717, 1.165) is 16.8 Å². The number of rotatable bonds is 5. The van der Waals surface area contributed by atoms with Crippen molar-refractivity contribution in [2.75, 3.05) is 11.4 Å². The molecule has 2 amide bonds. The highest BCUT2D eigenvalue weighted by molar-refractivity contribution is 6.07. The van der Waals surface area contributed by atoms with Gasteiger partial charge in [0.15, 0.2) is 5.78 Å². The second kappa shape index (κ2) is 6.89. The van der Waals surface area contributed by atoms with Crippen molar-refractivity contribution < 1.29 is 14.4 Å². The normalized spacial score (nSPS) is 15.8. The third-order valence-corrected chi connectivity index (χ3v) is 4.30. The maximum absolute atomic E-state index is 12.8. The Morgan fingerprint density at radius 3 is 2.52 bits per heavy atom. The van der Waals surface area contributed by atoms with Crippen LogP contribution >= 0.6 is 0 Å². The van der Waals surface area contributed by atoms with Gasteiger partial charge in [-0.05, 0) is 13.0 Å². The fourth-order valence-corrected chi connectivity index (χ4v) is 3.11. The lowest BCUT2D eigenvalue weighted by atomic mass is 10.1. The van der Waals surface area contributed by atoms with Crippen molar-refractivity contribution in [3.8, 4) is 0 Å². The van der Waals surface area contributed by atoms with E-state index in [-0.39, 0.29) is 24.0 Å². The first-order valence-corrected chi connectivity index (χ1v) is 8.24. The maximum atomic E-state index is 12.8. The number of carbonyl (C=O) groups excluding carboxylic acids is 3. The smallest absolute Gasteiger partial charge is 0.254 e. The molecule has 0 radical (unpaired) electrons. The van der Waals surface area contributed by atoms with Crippen LogP contribution in [0, 0.1) is 6.92 Å². The van der Waals surface area contributed by atoms with Gasteiger partial charge in [-0.2, -0.15) is 0 Å². The van der Waals surface area contributed by atoms with Crippen LogP contribution in [0.1, 0.15) is 40.9 Å². The molecule has 3 rings (SSSR count). The molecule has 1 heterocycles. The van der Waals surface area contributed by atoms with Gasteiger partial charge in [-0.1, -0.05) is 48.0 Å². The molecule has 1 aliphatic heterocycles. The number of fused-ring (bicyclic) bond motifs is 1. The van der Waals surface area contributed by atoms with Crippen LogP contribution in [0.15, 0.2) is 48.5 Å². The summed E-state index contributed by atoms with van der Waals surface area (Å²) < 4.78 is 0. The van der Waals surface area contributed by atoms with Crippen LogP contribution in [0.3, 0.4) is 0 Å². The summed E-state index contributed by atoms with van der Waals surface area (Å²) in [7, 11) is 0. The Kier molecular flexibility index (Phi) is 4.65. The van der Waals surface area contributed by atoms with E-state index in [2.05, 4.69) is 5.32 Å². The number of aryl methyl sites for hydroxylation is 1. The molecule has 2 aromatic carbocycles. The summed E-state index contributed by atoms with van der Waals surface area (Å²) in [4.78, 5) is 38.1. The molecule has 2 aromatic rings. The Hall–Kier alpha value is -2.95. The number of nitrogens with zero attached hydrogens (tertiary/aromatic N) is 1. The van der Waals surface area contributed by atoms with Gasteiger partial charge < -0.3 is 10.2 Å². The molecular weight excluding hydrogens is 316 g/mol. The van der Waals surface area contributed by atoms with E-state index in [4.69, 9.17) is 0 Å². The van der Waals surface area contributed by atoms with Crippen molar-refractivity contribution in [3.05, 3.63) is 65.2 Å². The van der Waals surface area contributed by atoms with Crippen LogP contribution in [-0.4, -0.2) is 24.1 Å². The molecule has 0 spiro atoms. The van der Waals surface area contributed by atoms with Gasteiger partial charge in [0, 0.05) is 36.7 Å². The van der Waals surface area contributed by atoms with Crippen LogP contribution in [0.5, 0.6) is 0 Å². The lowest BCUT2D eigenvalue weighted by Crippen LogP contribution is -2.37. The first kappa shape index (κ1) is 16.9. The lowest BCUT2D eigenvalue weighted by molar-refractivity contribution is -0.126. The minimum atomic E-state index is -0.681. The van der Waals surface area contributed by atoms with Crippen LogP contribution in [0.4, 0.5) is 5.69 Å². The van der Waals surface area contributed by atoms with Crippen molar-refractivity contribution in [2.45, 2.75) is 26.3 Å². The van der Waals surface area contributed by atoms with Gasteiger partial charge in [-0.15, -0.1) is 0 Å². The number of anilines is 1. The van der Waals surface area contributed by atoms with Crippen LogP contribution in [-0.2, 0) is 9.59 Å². The Morgan fingerprint density at radius 1 is 1.12 bits per heavy atom. The van der Waals surface area contributed by atoms with E-state index in [0.29, 0.717) is 12.1 Å². The summed E-state index contributed by atoms with van der Waals surface area (Å²) in [5.41, 5.74) is 3.20. The highest BCUT2D eigenvalue weighted by Crippen LogP contribution is 2.36. The number of nitrogens with one attached hydrogen (secondary N) is 1. The van der Waals surface area contributed by atoms with E-state index < -0.39 is 6.04 Å². The zero-order valence-corrected chi connectivity index (χ0v) is 14.3. The minimum absolute atomic E-state index is 0.00922. The maximum Gasteiger partial charge on any atom is 0.254 e. The summed E-state index contributed by atoms with van der Waals surface area (Å²) >= 11 is 0. The quantitative estimate of drug-likeness (QED) is 0.854. The van der Waals surface area contributed by atoms with Crippen LogP contribution in [0.2, 0.25) is 0 Å². The Labute approximate surface area is 146 Å². The number of amides is 2. The topological polar surface area (TPSA) is 66.5 Å². The molecule has 0 saturated heterocycles. The number of hydrogen-bond acceptors (Lipinski definition) is 3. The number of Topliss-reactive ketones (excluding diaryl/α,β-unsaturated/α-hetero) is 1. The molecular formula is C20H20N2O3. The van der Waals surface area contributed by atoms with E-state index in [1.165, 1.54) is 6.92 Å². The third-order valence-electron chi connectivity index (χ3n) is 4.30. The highest BCUT2D eigenvalue weighted by Gasteiger charge is 2.37. The van der Waals surface area contributed by atoms with Gasteiger partial charge in [-0.3, -0.25) is 14.4 Å². The second-order valence-electron chi connectivity index (χ2n) is 6.22. The van der Waals surface area contributed by atoms with Gasteiger partial charge >= 0.3 is 0 Å². The summed E-state index contributed by atoms with van der Waals surface area (Å²) in [6.07, 6.45) is 0.232. The summed E-state index contributed by atoms with van der Waals surface area (Å²) in [5.74, 6) is -0.463. The average molecular weight is 336 g/mol. The van der Waals surface area contributed by atoms with Crippen LogP contribution in [0.25, 0.3) is 0 Å². The molecule has 1 N–H and O–H groups in total. The van der Waals surface area contributed by atoms with Crippen molar-refractivity contribution in [1.29, 1.82) is 0 Å². The Bertz CT molecular complexity index is 830. The van der Waals surface area contributed by atoms with E-state index >= 15 is 0 Å². The van der Waals surface area contributed by atoms with Crippen molar-refractivity contribution in [2.24, 2.45) is 0 Å². The number of hydrogen-bond donors (Lipinski definition) is 1. The molecule has 0 bridgehead atoms. The molecule has 1 aliphatic rings. The molecule has 25 heavy (non-hydrogen) atoms. The SMILES string of the molecule is CC(=O)N[C@@H]1C(=O)N(CCC(=O)c2ccccc2)c2ccc(C)cc21. The molecule has 0 unspecified atom stereocenters. The number of ketones is 1. The van der Waals surface area contributed by atoms with Gasteiger partial charge in [0.1, 0.15) is 6.04 Å². The summed E-state index contributed by atoms with van der Waals surface area (Å²) in [6.45, 7) is 3.63. The molecule has 128 valence electrons. The lowest BCUT2D eigenvalue weighted by Gasteiger charge is -2.17. The van der Waals surface area contributed by atoms with Gasteiger partial charge in [-0.25, -0.2) is 0 Å². The van der Waals surface area contributed by atoms with Gasteiger partial charge in [0.25, 0.3) is 5.91 Å². The van der Waals surface area contributed by atoms with E-state index in [1.807, 2.05) is 43.3 Å². The molecule has 0 fully saturated rings. The predicted molar refractivity (Wildman–Crippen MR) is 95.5 cm³/mol. The summed E-state index contributed by atoms with van der Waals surface area (Å²) in [6, 6.07) is 14.1.